The number of benzene rings is 2. The molecule has 2 heterocycles. The second kappa shape index (κ2) is 7.46. The molecule has 1 aliphatic rings. The molecule has 0 amide bonds. The standard InChI is InChI=1S/C23H27N3/c1-18-7-6-10-21(13-18)15-25-12-11-22(17-25)23-24-14-19(2)26(23)16-20-8-4-3-5-9-20/h3-10,13-14,22H,11-12,15-17H2,1-2H3. The fourth-order valence-electron chi connectivity index (χ4n) is 4.03. The van der Waals surface area contributed by atoms with Gasteiger partial charge in [-0.25, -0.2) is 4.98 Å². The molecule has 3 aromatic rings. The maximum absolute atomic E-state index is 4.79. The first-order valence-electron chi connectivity index (χ1n) is 9.53. The molecule has 3 nitrogen and oxygen atoms in total. The Kier molecular flexibility index (Phi) is 4.89. The molecule has 0 bridgehead atoms. The van der Waals surface area contributed by atoms with Gasteiger partial charge in [-0.15, -0.1) is 0 Å². The van der Waals surface area contributed by atoms with E-state index in [4.69, 9.17) is 4.98 Å². The number of imidazole rings is 1. The van der Waals surface area contributed by atoms with Crippen LogP contribution in [0.5, 0.6) is 0 Å². The lowest BCUT2D eigenvalue weighted by Crippen LogP contribution is -2.21. The Morgan fingerprint density at radius 2 is 1.77 bits per heavy atom. The summed E-state index contributed by atoms with van der Waals surface area (Å²) in [7, 11) is 0. The maximum atomic E-state index is 4.79. The summed E-state index contributed by atoms with van der Waals surface area (Å²) in [4.78, 5) is 7.35. The van der Waals surface area contributed by atoms with E-state index in [1.807, 2.05) is 6.20 Å². The van der Waals surface area contributed by atoms with Crippen LogP contribution in [0.15, 0.2) is 60.8 Å². The van der Waals surface area contributed by atoms with E-state index in [2.05, 4.69) is 77.9 Å². The molecule has 134 valence electrons. The van der Waals surface area contributed by atoms with Crippen molar-refractivity contribution in [2.75, 3.05) is 13.1 Å². The van der Waals surface area contributed by atoms with Gasteiger partial charge in [-0.05, 0) is 37.9 Å². The van der Waals surface area contributed by atoms with Crippen LogP contribution in [0.1, 0.15) is 40.5 Å². The minimum atomic E-state index is 0.525. The van der Waals surface area contributed by atoms with Crippen molar-refractivity contribution in [3.05, 3.63) is 89.0 Å². The monoisotopic (exact) mass is 345 g/mol. The van der Waals surface area contributed by atoms with Gasteiger partial charge in [-0.2, -0.15) is 0 Å². The summed E-state index contributed by atoms with van der Waals surface area (Å²) < 4.78 is 2.40. The highest BCUT2D eigenvalue weighted by Crippen LogP contribution is 2.28. The SMILES string of the molecule is Cc1cccc(CN2CCC(c3ncc(C)n3Cc3ccccc3)C2)c1. The molecule has 1 fully saturated rings. The second-order valence-electron chi connectivity index (χ2n) is 7.54. The number of aryl methyl sites for hydroxylation is 2. The number of rotatable bonds is 5. The van der Waals surface area contributed by atoms with Gasteiger partial charge in [0.25, 0.3) is 0 Å². The predicted octanol–water partition coefficient (Wildman–Crippen LogP) is 4.54. The topological polar surface area (TPSA) is 21.1 Å². The van der Waals surface area contributed by atoms with Crippen LogP contribution in [-0.2, 0) is 13.1 Å². The Balaban J connectivity index is 1.47. The van der Waals surface area contributed by atoms with Gasteiger partial charge >= 0.3 is 0 Å². The summed E-state index contributed by atoms with van der Waals surface area (Å²) in [5, 5.41) is 0. The minimum absolute atomic E-state index is 0.525. The maximum Gasteiger partial charge on any atom is 0.113 e. The number of hydrogen-bond donors (Lipinski definition) is 0. The third kappa shape index (κ3) is 3.73. The Bertz CT molecular complexity index is 866. The fourth-order valence-corrected chi connectivity index (χ4v) is 4.03. The van der Waals surface area contributed by atoms with Gasteiger partial charge in [0.15, 0.2) is 0 Å². The Labute approximate surface area is 156 Å². The van der Waals surface area contributed by atoms with E-state index < -0.39 is 0 Å². The van der Waals surface area contributed by atoms with Gasteiger partial charge < -0.3 is 4.57 Å². The first-order valence-corrected chi connectivity index (χ1v) is 9.53. The van der Waals surface area contributed by atoms with E-state index in [0.717, 1.165) is 26.2 Å². The lowest BCUT2D eigenvalue weighted by molar-refractivity contribution is 0.325. The van der Waals surface area contributed by atoms with Gasteiger partial charge in [0, 0.05) is 37.4 Å². The quantitative estimate of drug-likeness (QED) is 0.677. The first-order chi connectivity index (χ1) is 12.7. The molecule has 0 aliphatic carbocycles. The van der Waals surface area contributed by atoms with E-state index >= 15 is 0 Å². The summed E-state index contributed by atoms with van der Waals surface area (Å²) in [5.74, 6) is 1.77. The van der Waals surface area contributed by atoms with Crippen molar-refractivity contribution >= 4 is 0 Å². The van der Waals surface area contributed by atoms with E-state index in [9.17, 15) is 0 Å². The van der Waals surface area contributed by atoms with E-state index in [-0.39, 0.29) is 0 Å². The van der Waals surface area contributed by atoms with Crippen LogP contribution in [0, 0.1) is 13.8 Å². The van der Waals surface area contributed by atoms with Crippen molar-refractivity contribution in [2.45, 2.75) is 39.3 Å². The Morgan fingerprint density at radius 3 is 2.58 bits per heavy atom. The van der Waals surface area contributed by atoms with Crippen molar-refractivity contribution in [3.63, 3.8) is 0 Å². The molecule has 0 N–H and O–H groups in total. The summed E-state index contributed by atoms with van der Waals surface area (Å²) in [6.07, 6.45) is 3.22. The van der Waals surface area contributed by atoms with Gasteiger partial charge in [0.2, 0.25) is 0 Å². The van der Waals surface area contributed by atoms with Crippen LogP contribution in [0.25, 0.3) is 0 Å². The molecule has 0 radical (unpaired) electrons. The van der Waals surface area contributed by atoms with E-state index in [1.165, 1.54) is 34.6 Å². The van der Waals surface area contributed by atoms with Crippen LogP contribution >= 0.6 is 0 Å². The lowest BCUT2D eigenvalue weighted by atomic mass is 10.1. The summed E-state index contributed by atoms with van der Waals surface area (Å²) in [6.45, 7) is 8.53. The van der Waals surface area contributed by atoms with Crippen LogP contribution in [0.2, 0.25) is 0 Å². The highest BCUT2D eigenvalue weighted by molar-refractivity contribution is 5.23. The average molecular weight is 345 g/mol. The molecule has 1 atom stereocenters. The molecule has 4 rings (SSSR count). The predicted molar refractivity (Wildman–Crippen MR) is 106 cm³/mol. The van der Waals surface area contributed by atoms with Crippen molar-refractivity contribution in [1.29, 1.82) is 0 Å². The zero-order chi connectivity index (χ0) is 17.9. The van der Waals surface area contributed by atoms with Crippen LogP contribution < -0.4 is 0 Å². The normalized spacial score (nSPS) is 17.7. The van der Waals surface area contributed by atoms with Gasteiger partial charge in [0.05, 0.1) is 0 Å². The molecule has 1 aliphatic heterocycles. The first kappa shape index (κ1) is 17.0. The average Bonchev–Trinajstić information content (AvgIpc) is 3.23. The molecular weight excluding hydrogens is 318 g/mol. The molecule has 1 saturated heterocycles. The molecular formula is C23H27N3. The highest BCUT2D eigenvalue weighted by atomic mass is 15.2. The molecule has 1 aromatic heterocycles. The second-order valence-corrected chi connectivity index (χ2v) is 7.54. The summed E-state index contributed by atoms with van der Waals surface area (Å²) in [6, 6.07) is 19.6. The largest absolute Gasteiger partial charge is 0.328 e. The third-order valence-electron chi connectivity index (χ3n) is 5.40. The van der Waals surface area contributed by atoms with Gasteiger partial charge in [-0.1, -0.05) is 60.2 Å². The van der Waals surface area contributed by atoms with Crippen LogP contribution in [0.4, 0.5) is 0 Å². The van der Waals surface area contributed by atoms with Crippen molar-refractivity contribution in [3.8, 4) is 0 Å². The Morgan fingerprint density at radius 1 is 0.962 bits per heavy atom. The van der Waals surface area contributed by atoms with E-state index in [1.54, 1.807) is 0 Å². The zero-order valence-corrected chi connectivity index (χ0v) is 15.7. The van der Waals surface area contributed by atoms with Crippen molar-refractivity contribution in [1.82, 2.24) is 14.5 Å². The molecule has 0 spiro atoms. The Hall–Kier alpha value is -2.39. The number of likely N-dealkylation sites (tertiary alicyclic amines) is 1. The van der Waals surface area contributed by atoms with Gasteiger partial charge in [0.1, 0.15) is 5.82 Å². The minimum Gasteiger partial charge on any atom is -0.328 e. The number of hydrogen-bond acceptors (Lipinski definition) is 2. The van der Waals surface area contributed by atoms with Crippen molar-refractivity contribution < 1.29 is 0 Å². The molecule has 26 heavy (non-hydrogen) atoms. The molecule has 1 unspecified atom stereocenters. The summed E-state index contributed by atoms with van der Waals surface area (Å²) >= 11 is 0. The van der Waals surface area contributed by atoms with E-state index in [0.29, 0.717) is 5.92 Å². The van der Waals surface area contributed by atoms with Crippen LogP contribution in [-0.4, -0.2) is 27.5 Å². The smallest absolute Gasteiger partial charge is 0.113 e. The zero-order valence-electron chi connectivity index (χ0n) is 15.7. The fraction of sp³-hybridized carbons (Fsp3) is 0.348. The third-order valence-corrected chi connectivity index (χ3v) is 5.40. The number of aromatic nitrogens is 2. The van der Waals surface area contributed by atoms with Gasteiger partial charge in [-0.3, -0.25) is 4.90 Å². The summed E-state index contributed by atoms with van der Waals surface area (Å²) in [5.41, 5.74) is 5.34. The van der Waals surface area contributed by atoms with Crippen molar-refractivity contribution in [2.24, 2.45) is 0 Å². The molecule has 3 heteroatoms. The number of nitrogens with zero attached hydrogens (tertiary/aromatic N) is 3. The molecule has 2 aromatic carbocycles. The highest BCUT2D eigenvalue weighted by Gasteiger charge is 2.27. The molecule has 0 saturated carbocycles. The van der Waals surface area contributed by atoms with Crippen LogP contribution in [0.3, 0.4) is 0 Å². The lowest BCUT2D eigenvalue weighted by Gasteiger charge is -2.18.